The number of hydrogen-bond acceptors (Lipinski definition) is 5. The maximum absolute atomic E-state index is 12.4. The van der Waals surface area contributed by atoms with E-state index in [2.05, 4.69) is 41.5 Å². The second-order valence-electron chi connectivity index (χ2n) is 8.94. The summed E-state index contributed by atoms with van der Waals surface area (Å²) in [4.78, 5) is 30.8. The van der Waals surface area contributed by atoms with Crippen LogP contribution in [0.1, 0.15) is 27.2 Å². The van der Waals surface area contributed by atoms with Gasteiger partial charge in [0.1, 0.15) is 17.1 Å². The minimum absolute atomic E-state index is 0.129. The highest BCUT2D eigenvalue weighted by molar-refractivity contribution is 5.93. The molecule has 2 unspecified atom stereocenters. The van der Waals surface area contributed by atoms with Crippen LogP contribution in [0.5, 0.6) is 5.75 Å². The van der Waals surface area contributed by atoms with Crippen LogP contribution in [0.25, 0.3) is 10.9 Å². The summed E-state index contributed by atoms with van der Waals surface area (Å²) in [7, 11) is 0. The third kappa shape index (κ3) is 5.80. The van der Waals surface area contributed by atoms with Crippen LogP contribution in [0.4, 0.5) is 17.2 Å². The Bertz CT molecular complexity index is 1140. The van der Waals surface area contributed by atoms with Crippen molar-refractivity contribution in [3.63, 3.8) is 0 Å². The zero-order valence-corrected chi connectivity index (χ0v) is 19.3. The molecule has 2 atom stereocenters. The molecule has 0 spiro atoms. The first kappa shape index (κ1) is 22.6. The van der Waals surface area contributed by atoms with Gasteiger partial charge in [-0.1, -0.05) is 26.0 Å². The normalized spacial score (nSPS) is 18.1. The van der Waals surface area contributed by atoms with E-state index >= 15 is 0 Å². The molecule has 1 aliphatic rings. The lowest BCUT2D eigenvalue weighted by atomic mass is 9.92. The molecule has 7 heteroatoms. The van der Waals surface area contributed by atoms with E-state index in [0.29, 0.717) is 29.0 Å². The average molecular weight is 447 g/mol. The van der Waals surface area contributed by atoms with E-state index in [0.717, 1.165) is 29.8 Å². The highest BCUT2D eigenvalue weighted by Gasteiger charge is 2.23. The smallest absolute Gasteiger partial charge is 0.262 e. The van der Waals surface area contributed by atoms with Gasteiger partial charge in [-0.25, -0.2) is 4.98 Å². The third-order valence-corrected chi connectivity index (χ3v) is 5.71. The van der Waals surface area contributed by atoms with Gasteiger partial charge in [-0.05, 0) is 60.7 Å². The number of aromatic nitrogens is 1. The summed E-state index contributed by atoms with van der Waals surface area (Å²) in [5.41, 5.74) is 2.06. The van der Waals surface area contributed by atoms with Gasteiger partial charge in [-0.15, -0.1) is 0 Å². The van der Waals surface area contributed by atoms with Gasteiger partial charge >= 0.3 is 0 Å². The molecule has 0 bridgehead atoms. The van der Waals surface area contributed by atoms with Gasteiger partial charge in [0, 0.05) is 36.8 Å². The van der Waals surface area contributed by atoms with Crippen molar-refractivity contribution in [2.24, 2.45) is 11.8 Å². The topological polar surface area (TPSA) is 83.6 Å². The van der Waals surface area contributed by atoms with Gasteiger partial charge in [0.2, 0.25) is 5.91 Å². The largest absolute Gasteiger partial charge is 0.481 e. The van der Waals surface area contributed by atoms with E-state index in [1.165, 1.54) is 13.3 Å². The van der Waals surface area contributed by atoms with E-state index in [1.807, 2.05) is 18.2 Å². The minimum atomic E-state index is -0.269. The Morgan fingerprint density at radius 1 is 0.970 bits per heavy atom. The summed E-state index contributed by atoms with van der Waals surface area (Å²) in [6, 6.07) is 16.8. The molecule has 0 saturated carbocycles. The molecule has 1 fully saturated rings. The van der Waals surface area contributed by atoms with Gasteiger partial charge in [0.15, 0.2) is 6.61 Å². The molecule has 3 aromatic rings. The molecule has 0 radical (unpaired) electrons. The number of anilines is 3. The van der Waals surface area contributed by atoms with Crippen LogP contribution in [0, 0.1) is 11.8 Å². The Labute approximate surface area is 194 Å². The van der Waals surface area contributed by atoms with E-state index in [-0.39, 0.29) is 18.4 Å². The van der Waals surface area contributed by atoms with Gasteiger partial charge in [0.25, 0.3) is 5.91 Å². The number of nitrogens with one attached hydrogen (secondary N) is 2. The van der Waals surface area contributed by atoms with Crippen molar-refractivity contribution in [1.82, 2.24) is 4.98 Å². The number of ether oxygens (including phenoxy) is 1. The number of piperidine rings is 1. The van der Waals surface area contributed by atoms with Gasteiger partial charge in [0.05, 0.1) is 0 Å². The molecule has 172 valence electrons. The fraction of sp³-hybridized carbons (Fsp3) is 0.346. The molecule has 7 nitrogen and oxygen atoms in total. The molecule has 1 aliphatic heterocycles. The monoisotopic (exact) mass is 446 g/mol. The lowest BCUT2D eigenvalue weighted by molar-refractivity contribution is -0.118. The standard InChI is InChI=1S/C26H30N4O3/c1-17-13-18(2)15-30(14-17)24-12-7-20-5-4-6-23(26(20)29-24)33-16-25(32)28-22-10-8-21(9-11-22)27-19(3)31/h4-12,17-18H,13-16H2,1-3H3,(H,27,31)(H,28,32). The summed E-state index contributed by atoms with van der Waals surface area (Å²) < 4.78 is 5.86. The average Bonchev–Trinajstić information content (AvgIpc) is 2.77. The van der Waals surface area contributed by atoms with Crippen molar-refractivity contribution in [2.75, 3.05) is 35.2 Å². The molecule has 4 rings (SSSR count). The Hall–Kier alpha value is -3.61. The number of nitrogens with zero attached hydrogens (tertiary/aromatic N) is 2. The highest BCUT2D eigenvalue weighted by atomic mass is 16.5. The number of benzene rings is 2. The summed E-state index contributed by atoms with van der Waals surface area (Å²) in [6.45, 7) is 7.88. The Balaban J connectivity index is 1.43. The molecular weight excluding hydrogens is 416 g/mol. The maximum atomic E-state index is 12.4. The summed E-state index contributed by atoms with van der Waals surface area (Å²) in [5.74, 6) is 2.39. The number of carbonyl (C=O) groups is 2. The Kier molecular flexibility index (Phi) is 6.77. The molecule has 1 saturated heterocycles. The van der Waals surface area contributed by atoms with Crippen molar-refractivity contribution in [3.05, 3.63) is 54.6 Å². The molecule has 33 heavy (non-hydrogen) atoms. The number of para-hydroxylation sites is 1. The van der Waals surface area contributed by atoms with Crippen LogP contribution >= 0.6 is 0 Å². The van der Waals surface area contributed by atoms with E-state index in [9.17, 15) is 9.59 Å². The minimum Gasteiger partial charge on any atom is -0.481 e. The molecule has 0 aliphatic carbocycles. The first-order valence-electron chi connectivity index (χ1n) is 11.3. The first-order valence-corrected chi connectivity index (χ1v) is 11.3. The van der Waals surface area contributed by atoms with E-state index in [1.54, 1.807) is 24.3 Å². The second-order valence-corrected chi connectivity index (χ2v) is 8.94. The van der Waals surface area contributed by atoms with Crippen molar-refractivity contribution < 1.29 is 14.3 Å². The predicted molar refractivity (Wildman–Crippen MR) is 132 cm³/mol. The van der Waals surface area contributed by atoms with Crippen LogP contribution in [-0.2, 0) is 9.59 Å². The van der Waals surface area contributed by atoms with Crippen LogP contribution < -0.4 is 20.3 Å². The number of rotatable bonds is 6. The van der Waals surface area contributed by atoms with Crippen molar-refractivity contribution >= 4 is 39.9 Å². The Morgan fingerprint density at radius 3 is 2.30 bits per heavy atom. The lowest BCUT2D eigenvalue weighted by Crippen LogP contribution is -2.39. The molecule has 2 aromatic carbocycles. The first-order chi connectivity index (χ1) is 15.9. The van der Waals surface area contributed by atoms with Crippen LogP contribution in [0.2, 0.25) is 0 Å². The molecule has 2 N–H and O–H groups in total. The number of carbonyl (C=O) groups excluding carboxylic acids is 2. The fourth-order valence-electron chi connectivity index (χ4n) is 4.43. The predicted octanol–water partition coefficient (Wildman–Crippen LogP) is 4.69. The summed E-state index contributed by atoms with van der Waals surface area (Å²) >= 11 is 0. The number of fused-ring (bicyclic) bond motifs is 1. The summed E-state index contributed by atoms with van der Waals surface area (Å²) in [6.07, 6.45) is 1.24. The zero-order valence-electron chi connectivity index (χ0n) is 19.3. The van der Waals surface area contributed by atoms with Crippen molar-refractivity contribution in [2.45, 2.75) is 27.2 Å². The van der Waals surface area contributed by atoms with E-state index < -0.39 is 0 Å². The lowest BCUT2D eigenvalue weighted by Gasteiger charge is -2.35. The number of amides is 2. The van der Waals surface area contributed by atoms with E-state index in [4.69, 9.17) is 9.72 Å². The SMILES string of the molecule is CC(=O)Nc1ccc(NC(=O)COc2cccc3ccc(N4CC(C)CC(C)C4)nc23)cc1. The van der Waals surface area contributed by atoms with Gasteiger partial charge < -0.3 is 20.3 Å². The quantitative estimate of drug-likeness (QED) is 0.574. The van der Waals surface area contributed by atoms with Crippen LogP contribution in [0.3, 0.4) is 0 Å². The van der Waals surface area contributed by atoms with Gasteiger partial charge in [-0.2, -0.15) is 0 Å². The molecule has 2 amide bonds. The second kappa shape index (κ2) is 9.90. The van der Waals surface area contributed by atoms with Crippen molar-refractivity contribution in [1.29, 1.82) is 0 Å². The molecule has 2 heterocycles. The van der Waals surface area contributed by atoms with Gasteiger partial charge in [-0.3, -0.25) is 9.59 Å². The number of hydrogen-bond donors (Lipinski definition) is 2. The van der Waals surface area contributed by atoms with Crippen LogP contribution in [-0.4, -0.2) is 36.5 Å². The van der Waals surface area contributed by atoms with Crippen LogP contribution in [0.15, 0.2) is 54.6 Å². The zero-order chi connectivity index (χ0) is 23.4. The fourth-order valence-corrected chi connectivity index (χ4v) is 4.43. The third-order valence-electron chi connectivity index (χ3n) is 5.71. The number of pyridine rings is 1. The Morgan fingerprint density at radius 2 is 1.64 bits per heavy atom. The maximum Gasteiger partial charge on any atom is 0.262 e. The highest BCUT2D eigenvalue weighted by Crippen LogP contribution is 2.30. The molecule has 1 aromatic heterocycles. The van der Waals surface area contributed by atoms with Crippen molar-refractivity contribution in [3.8, 4) is 5.75 Å². The molecular formula is C26H30N4O3. The summed E-state index contributed by atoms with van der Waals surface area (Å²) in [5, 5.41) is 6.48.